The van der Waals surface area contributed by atoms with Gasteiger partial charge in [-0.15, -0.1) is 0 Å². The Hall–Kier alpha value is -2.59. The van der Waals surface area contributed by atoms with E-state index >= 15 is 0 Å². The Bertz CT molecular complexity index is 1020. The van der Waals surface area contributed by atoms with Gasteiger partial charge >= 0.3 is 5.69 Å². The Morgan fingerprint density at radius 3 is 2.67 bits per heavy atom. The summed E-state index contributed by atoms with van der Waals surface area (Å²) in [4.78, 5) is 14.9. The van der Waals surface area contributed by atoms with Crippen LogP contribution in [0.2, 0.25) is 5.02 Å². The molecule has 0 aliphatic carbocycles. The number of aromatic nitrogens is 3. The number of nitrogens with zero attached hydrogens (tertiary/aromatic N) is 2. The predicted molar refractivity (Wildman–Crippen MR) is 83.8 cm³/mol. The molecule has 0 aliphatic heterocycles. The summed E-state index contributed by atoms with van der Waals surface area (Å²) in [6.45, 7) is 0. The second-order valence-corrected chi connectivity index (χ2v) is 5.25. The van der Waals surface area contributed by atoms with Crippen molar-refractivity contribution in [2.45, 2.75) is 0 Å². The first-order valence-electron chi connectivity index (χ1n) is 6.49. The maximum atomic E-state index is 12.1. The lowest BCUT2D eigenvalue weighted by molar-refractivity contribution is 0.885. The van der Waals surface area contributed by atoms with Crippen LogP contribution in [0.4, 0.5) is 0 Å². The van der Waals surface area contributed by atoms with E-state index in [0.29, 0.717) is 5.02 Å². The first kappa shape index (κ1) is 12.2. The predicted octanol–water partition coefficient (Wildman–Crippen LogP) is 3.50. The minimum absolute atomic E-state index is 0.262. The molecule has 21 heavy (non-hydrogen) atoms. The van der Waals surface area contributed by atoms with E-state index < -0.39 is 0 Å². The molecule has 4 nitrogen and oxygen atoms in total. The van der Waals surface area contributed by atoms with E-state index in [1.54, 1.807) is 12.1 Å². The van der Waals surface area contributed by atoms with Crippen molar-refractivity contribution < 1.29 is 0 Å². The minimum Gasteiger partial charge on any atom is -0.305 e. The van der Waals surface area contributed by atoms with E-state index in [2.05, 4.69) is 10.1 Å². The SMILES string of the molecule is O=c1[nH]c2ccc(Cl)cc2c2cc(-c3ccccc3)nn12. The lowest BCUT2D eigenvalue weighted by Gasteiger charge is -2.00. The van der Waals surface area contributed by atoms with E-state index in [4.69, 9.17) is 11.6 Å². The number of halogens is 1. The van der Waals surface area contributed by atoms with Crippen LogP contribution < -0.4 is 5.69 Å². The molecule has 1 N–H and O–H groups in total. The van der Waals surface area contributed by atoms with Gasteiger partial charge in [-0.2, -0.15) is 9.61 Å². The highest BCUT2D eigenvalue weighted by atomic mass is 35.5. The summed E-state index contributed by atoms with van der Waals surface area (Å²) in [6, 6.07) is 17.1. The molecule has 4 aromatic rings. The zero-order valence-electron chi connectivity index (χ0n) is 10.9. The van der Waals surface area contributed by atoms with Crippen molar-refractivity contribution in [1.82, 2.24) is 14.6 Å². The fourth-order valence-electron chi connectivity index (χ4n) is 2.48. The molecule has 0 atom stereocenters. The summed E-state index contributed by atoms with van der Waals surface area (Å²) in [6.07, 6.45) is 0. The molecule has 102 valence electrons. The number of fused-ring (bicyclic) bond motifs is 3. The van der Waals surface area contributed by atoms with Gasteiger partial charge in [0.2, 0.25) is 0 Å². The highest BCUT2D eigenvalue weighted by Crippen LogP contribution is 2.25. The normalized spacial score (nSPS) is 11.3. The van der Waals surface area contributed by atoms with Crippen molar-refractivity contribution in [2.75, 3.05) is 0 Å². The van der Waals surface area contributed by atoms with Gasteiger partial charge in [-0.3, -0.25) is 0 Å². The molecule has 5 heteroatoms. The quantitative estimate of drug-likeness (QED) is 0.584. The highest BCUT2D eigenvalue weighted by molar-refractivity contribution is 6.31. The fraction of sp³-hybridized carbons (Fsp3) is 0. The number of hydrogen-bond donors (Lipinski definition) is 1. The summed E-state index contributed by atoms with van der Waals surface area (Å²) in [5.74, 6) is 0. The van der Waals surface area contributed by atoms with Crippen LogP contribution >= 0.6 is 11.6 Å². The molecule has 0 fully saturated rings. The van der Waals surface area contributed by atoms with Crippen LogP contribution in [-0.2, 0) is 0 Å². The second kappa shape index (κ2) is 4.46. The van der Waals surface area contributed by atoms with Crippen molar-refractivity contribution in [3.63, 3.8) is 0 Å². The number of hydrogen-bond acceptors (Lipinski definition) is 2. The van der Waals surface area contributed by atoms with Crippen molar-refractivity contribution >= 4 is 28.0 Å². The smallest absolute Gasteiger partial charge is 0.305 e. The van der Waals surface area contributed by atoms with Crippen molar-refractivity contribution in [3.8, 4) is 11.3 Å². The molecule has 4 rings (SSSR count). The lowest BCUT2D eigenvalue weighted by atomic mass is 10.1. The highest BCUT2D eigenvalue weighted by Gasteiger charge is 2.10. The zero-order valence-corrected chi connectivity index (χ0v) is 11.6. The molecule has 2 aromatic heterocycles. The molecule has 0 saturated heterocycles. The second-order valence-electron chi connectivity index (χ2n) is 4.81. The summed E-state index contributed by atoms with van der Waals surface area (Å²) in [5.41, 5.74) is 2.96. The Kier molecular flexibility index (Phi) is 2.59. The molecular formula is C16H10ClN3O. The molecule has 0 spiro atoms. The first-order chi connectivity index (χ1) is 10.2. The molecule has 0 aliphatic rings. The molecule has 0 saturated carbocycles. The van der Waals surface area contributed by atoms with Gasteiger partial charge in [0.05, 0.1) is 16.7 Å². The van der Waals surface area contributed by atoms with Gasteiger partial charge in [0.25, 0.3) is 0 Å². The van der Waals surface area contributed by atoms with Crippen molar-refractivity contribution in [1.29, 1.82) is 0 Å². The van der Waals surface area contributed by atoms with E-state index in [9.17, 15) is 4.79 Å². The maximum Gasteiger partial charge on any atom is 0.347 e. The molecular weight excluding hydrogens is 286 g/mol. The minimum atomic E-state index is -0.262. The Labute approximate surface area is 124 Å². The van der Waals surface area contributed by atoms with Gasteiger partial charge < -0.3 is 4.98 Å². The maximum absolute atomic E-state index is 12.1. The summed E-state index contributed by atoms with van der Waals surface area (Å²) < 4.78 is 1.38. The zero-order chi connectivity index (χ0) is 14.4. The van der Waals surface area contributed by atoms with Crippen LogP contribution in [0.25, 0.3) is 27.7 Å². The number of benzene rings is 2. The number of H-pyrrole nitrogens is 1. The van der Waals surface area contributed by atoms with E-state index in [-0.39, 0.29) is 5.69 Å². The summed E-state index contributed by atoms with van der Waals surface area (Å²) >= 11 is 6.06. The summed E-state index contributed by atoms with van der Waals surface area (Å²) in [5, 5.41) is 5.89. The third-order valence-electron chi connectivity index (χ3n) is 3.47. The van der Waals surface area contributed by atoms with Crippen molar-refractivity contribution in [2.24, 2.45) is 0 Å². The van der Waals surface area contributed by atoms with Gasteiger partial charge in [0.15, 0.2) is 0 Å². The van der Waals surface area contributed by atoms with Gasteiger partial charge in [0, 0.05) is 16.0 Å². The fourth-order valence-corrected chi connectivity index (χ4v) is 2.66. The van der Waals surface area contributed by atoms with E-state index in [0.717, 1.165) is 27.7 Å². The van der Waals surface area contributed by atoms with Gasteiger partial charge in [-0.05, 0) is 24.3 Å². The van der Waals surface area contributed by atoms with Crippen LogP contribution in [0.15, 0.2) is 59.4 Å². The Balaban J connectivity index is 2.11. The van der Waals surface area contributed by atoms with Crippen LogP contribution in [-0.4, -0.2) is 14.6 Å². The number of aromatic amines is 1. The van der Waals surface area contributed by atoms with Crippen LogP contribution in [0.5, 0.6) is 0 Å². The largest absolute Gasteiger partial charge is 0.347 e. The topological polar surface area (TPSA) is 50.2 Å². The summed E-state index contributed by atoms with van der Waals surface area (Å²) in [7, 11) is 0. The molecule has 2 aromatic carbocycles. The van der Waals surface area contributed by atoms with Gasteiger partial charge in [0.1, 0.15) is 0 Å². The molecule has 0 bridgehead atoms. The van der Waals surface area contributed by atoms with Crippen LogP contribution in [0.1, 0.15) is 0 Å². The molecule has 0 unspecified atom stereocenters. The van der Waals surface area contributed by atoms with Crippen molar-refractivity contribution in [3.05, 3.63) is 70.1 Å². The Morgan fingerprint density at radius 1 is 1.05 bits per heavy atom. The average Bonchev–Trinajstić information content (AvgIpc) is 2.95. The van der Waals surface area contributed by atoms with Gasteiger partial charge in [-0.1, -0.05) is 41.9 Å². The van der Waals surface area contributed by atoms with Gasteiger partial charge in [-0.25, -0.2) is 4.79 Å². The monoisotopic (exact) mass is 295 g/mol. The third-order valence-corrected chi connectivity index (χ3v) is 3.71. The van der Waals surface area contributed by atoms with E-state index in [1.165, 1.54) is 4.52 Å². The average molecular weight is 296 g/mol. The lowest BCUT2D eigenvalue weighted by Crippen LogP contribution is -2.17. The number of nitrogens with one attached hydrogen (secondary N) is 1. The van der Waals surface area contributed by atoms with E-state index in [1.807, 2.05) is 42.5 Å². The Morgan fingerprint density at radius 2 is 1.86 bits per heavy atom. The molecule has 0 amide bonds. The molecule has 0 radical (unpaired) electrons. The van der Waals surface area contributed by atoms with Crippen LogP contribution in [0, 0.1) is 0 Å². The molecule has 2 heterocycles. The third kappa shape index (κ3) is 1.92. The number of rotatable bonds is 1. The first-order valence-corrected chi connectivity index (χ1v) is 6.87. The van der Waals surface area contributed by atoms with Crippen LogP contribution in [0.3, 0.4) is 0 Å². The standard InChI is InChI=1S/C16H10ClN3O/c17-11-6-7-13-12(8-11)15-9-14(10-4-2-1-3-5-10)19-20(15)16(21)18-13/h1-9H,(H,18,21).